The zero-order valence-corrected chi connectivity index (χ0v) is 13.8. The van der Waals surface area contributed by atoms with Gasteiger partial charge in [-0.15, -0.1) is 0 Å². The number of hydrogen-bond acceptors (Lipinski definition) is 3. The molecule has 0 fully saturated rings. The third kappa shape index (κ3) is 5.07. The van der Waals surface area contributed by atoms with Crippen LogP contribution in [0.15, 0.2) is 36.4 Å². The first-order valence-corrected chi connectivity index (χ1v) is 7.08. The Hall–Kier alpha value is -1.46. The number of rotatable bonds is 4. The standard InChI is InChI=1S/C15H11Cl3O3.H2O/c1-20-15(19)10-4-13(18)7-14(5-10)21-8-9-2-11(16)6-12(17)3-9;/h2-7H,8H2,1H3;1H2. The molecule has 2 rings (SSSR count). The van der Waals surface area contributed by atoms with Gasteiger partial charge in [-0.1, -0.05) is 34.8 Å². The number of carbonyl (C=O) groups excluding carboxylic acids is 1. The van der Waals surface area contributed by atoms with E-state index >= 15 is 0 Å². The maximum Gasteiger partial charge on any atom is 0.338 e. The molecule has 2 aromatic rings. The van der Waals surface area contributed by atoms with Gasteiger partial charge in [-0.3, -0.25) is 0 Å². The predicted octanol–water partition coefficient (Wildman–Crippen LogP) is 4.19. The Morgan fingerprint density at radius 1 is 0.955 bits per heavy atom. The lowest BCUT2D eigenvalue weighted by Gasteiger charge is -2.09. The number of ether oxygens (including phenoxy) is 2. The molecule has 0 bridgehead atoms. The van der Waals surface area contributed by atoms with Crippen LogP contribution in [-0.2, 0) is 11.3 Å². The van der Waals surface area contributed by atoms with Crippen molar-refractivity contribution in [3.8, 4) is 5.75 Å². The molecule has 0 aliphatic heterocycles. The quantitative estimate of drug-likeness (QED) is 0.765. The van der Waals surface area contributed by atoms with Crippen LogP contribution in [0.4, 0.5) is 0 Å². The van der Waals surface area contributed by atoms with Gasteiger partial charge in [-0.25, -0.2) is 4.79 Å². The van der Waals surface area contributed by atoms with Gasteiger partial charge in [-0.05, 0) is 42.0 Å². The first kappa shape index (κ1) is 18.6. The van der Waals surface area contributed by atoms with Crippen LogP contribution in [0.25, 0.3) is 0 Å². The lowest BCUT2D eigenvalue weighted by atomic mass is 10.2. The first-order valence-electron chi connectivity index (χ1n) is 5.94. The van der Waals surface area contributed by atoms with Crippen LogP contribution in [0.5, 0.6) is 5.75 Å². The van der Waals surface area contributed by atoms with Crippen LogP contribution in [0, 0.1) is 0 Å². The largest absolute Gasteiger partial charge is 0.489 e. The normalized spacial score (nSPS) is 9.82. The molecule has 0 saturated carbocycles. The predicted molar refractivity (Wildman–Crippen MR) is 87.2 cm³/mol. The van der Waals surface area contributed by atoms with Gasteiger partial charge in [0.15, 0.2) is 0 Å². The molecule has 7 heteroatoms. The highest BCUT2D eigenvalue weighted by Crippen LogP contribution is 2.24. The minimum absolute atomic E-state index is 0. The second-order valence-corrected chi connectivity index (χ2v) is 5.54. The third-order valence-electron chi connectivity index (χ3n) is 2.62. The monoisotopic (exact) mass is 362 g/mol. The molecule has 0 saturated heterocycles. The van der Waals surface area contributed by atoms with Crippen molar-refractivity contribution in [1.29, 1.82) is 0 Å². The van der Waals surface area contributed by atoms with E-state index < -0.39 is 5.97 Å². The molecule has 0 aromatic heterocycles. The average Bonchev–Trinajstić information content (AvgIpc) is 2.42. The van der Waals surface area contributed by atoms with Crippen molar-refractivity contribution in [2.45, 2.75) is 6.61 Å². The van der Waals surface area contributed by atoms with E-state index in [1.165, 1.54) is 13.2 Å². The van der Waals surface area contributed by atoms with Crippen LogP contribution in [0.1, 0.15) is 15.9 Å². The lowest BCUT2D eigenvalue weighted by Crippen LogP contribution is -2.02. The van der Waals surface area contributed by atoms with E-state index in [0.717, 1.165) is 5.56 Å². The fraction of sp³-hybridized carbons (Fsp3) is 0.133. The molecule has 22 heavy (non-hydrogen) atoms. The Bertz CT molecular complexity index is 654. The van der Waals surface area contributed by atoms with Gasteiger partial charge in [0.05, 0.1) is 12.7 Å². The van der Waals surface area contributed by atoms with Crippen molar-refractivity contribution in [2.75, 3.05) is 7.11 Å². The molecular formula is C15H13Cl3O4. The van der Waals surface area contributed by atoms with Crippen molar-refractivity contribution >= 4 is 40.8 Å². The van der Waals surface area contributed by atoms with Gasteiger partial charge in [0.2, 0.25) is 0 Å². The summed E-state index contributed by atoms with van der Waals surface area (Å²) in [6, 6.07) is 9.82. The topological polar surface area (TPSA) is 67.0 Å². The van der Waals surface area contributed by atoms with E-state index in [0.29, 0.717) is 26.4 Å². The number of hydrogen-bond donors (Lipinski definition) is 0. The van der Waals surface area contributed by atoms with Gasteiger partial charge < -0.3 is 14.9 Å². The molecular weight excluding hydrogens is 351 g/mol. The van der Waals surface area contributed by atoms with Crippen molar-refractivity contribution in [3.05, 3.63) is 62.6 Å². The summed E-state index contributed by atoms with van der Waals surface area (Å²) in [7, 11) is 1.30. The maximum atomic E-state index is 11.5. The Kier molecular flexibility index (Phi) is 6.97. The zero-order chi connectivity index (χ0) is 15.4. The highest BCUT2D eigenvalue weighted by atomic mass is 35.5. The van der Waals surface area contributed by atoms with Crippen molar-refractivity contribution < 1.29 is 19.7 Å². The minimum Gasteiger partial charge on any atom is -0.489 e. The second kappa shape index (κ2) is 8.25. The number of esters is 1. The van der Waals surface area contributed by atoms with Crippen molar-refractivity contribution in [1.82, 2.24) is 0 Å². The molecule has 0 unspecified atom stereocenters. The summed E-state index contributed by atoms with van der Waals surface area (Å²) < 4.78 is 10.3. The number of methoxy groups -OCH3 is 1. The van der Waals surface area contributed by atoms with Crippen LogP contribution in [0.3, 0.4) is 0 Å². The summed E-state index contributed by atoms with van der Waals surface area (Å²) in [5, 5.41) is 1.45. The Balaban J connectivity index is 0.00000242. The summed E-state index contributed by atoms with van der Waals surface area (Å²) >= 11 is 17.8. The van der Waals surface area contributed by atoms with Gasteiger partial charge in [-0.2, -0.15) is 0 Å². The summed E-state index contributed by atoms with van der Waals surface area (Å²) in [6.45, 7) is 0.251. The lowest BCUT2D eigenvalue weighted by molar-refractivity contribution is 0.0600. The maximum absolute atomic E-state index is 11.5. The van der Waals surface area contributed by atoms with Gasteiger partial charge in [0.1, 0.15) is 12.4 Å². The molecule has 0 heterocycles. The van der Waals surface area contributed by atoms with Gasteiger partial charge in [0, 0.05) is 15.1 Å². The van der Waals surface area contributed by atoms with E-state index in [1.807, 2.05) is 0 Å². The summed E-state index contributed by atoms with van der Waals surface area (Å²) in [5.74, 6) is -0.0212. The second-order valence-electron chi connectivity index (χ2n) is 4.23. The highest BCUT2D eigenvalue weighted by molar-refractivity contribution is 6.34. The average molecular weight is 364 g/mol. The van der Waals surface area contributed by atoms with Gasteiger partial charge in [0.25, 0.3) is 0 Å². The third-order valence-corrected chi connectivity index (χ3v) is 3.27. The van der Waals surface area contributed by atoms with Crippen LogP contribution in [-0.4, -0.2) is 18.6 Å². The molecule has 0 radical (unpaired) electrons. The number of benzene rings is 2. The van der Waals surface area contributed by atoms with E-state index in [-0.39, 0.29) is 12.1 Å². The van der Waals surface area contributed by atoms with Crippen molar-refractivity contribution in [3.63, 3.8) is 0 Å². The minimum atomic E-state index is -0.479. The first-order chi connectivity index (χ1) is 9.97. The molecule has 4 nitrogen and oxygen atoms in total. The Morgan fingerprint density at radius 3 is 2.14 bits per heavy atom. The molecule has 0 atom stereocenters. The number of halogens is 3. The van der Waals surface area contributed by atoms with E-state index in [2.05, 4.69) is 4.74 Å². The van der Waals surface area contributed by atoms with E-state index in [4.69, 9.17) is 39.5 Å². The van der Waals surface area contributed by atoms with Gasteiger partial charge >= 0.3 is 5.97 Å². The Morgan fingerprint density at radius 2 is 1.55 bits per heavy atom. The Labute approximate surface area is 142 Å². The fourth-order valence-corrected chi connectivity index (χ4v) is 2.54. The summed E-state index contributed by atoms with van der Waals surface area (Å²) in [6.07, 6.45) is 0. The van der Waals surface area contributed by atoms with E-state index in [1.54, 1.807) is 30.3 Å². The molecule has 2 N–H and O–H groups in total. The highest BCUT2D eigenvalue weighted by Gasteiger charge is 2.09. The molecule has 0 spiro atoms. The van der Waals surface area contributed by atoms with Crippen LogP contribution >= 0.6 is 34.8 Å². The summed E-state index contributed by atoms with van der Waals surface area (Å²) in [5.41, 5.74) is 1.14. The fourth-order valence-electron chi connectivity index (χ4n) is 1.74. The SMILES string of the molecule is COC(=O)c1cc(Cl)cc(OCc2cc(Cl)cc(Cl)c2)c1.O. The molecule has 0 aliphatic carbocycles. The summed E-state index contributed by atoms with van der Waals surface area (Å²) in [4.78, 5) is 11.5. The van der Waals surface area contributed by atoms with E-state index in [9.17, 15) is 4.79 Å². The molecule has 118 valence electrons. The van der Waals surface area contributed by atoms with Crippen LogP contribution in [0.2, 0.25) is 15.1 Å². The molecule has 0 aliphatic rings. The van der Waals surface area contributed by atoms with Crippen molar-refractivity contribution in [2.24, 2.45) is 0 Å². The smallest absolute Gasteiger partial charge is 0.338 e. The van der Waals surface area contributed by atoms with Crippen LogP contribution < -0.4 is 4.74 Å². The number of carbonyl (C=O) groups is 1. The molecule has 0 amide bonds. The zero-order valence-electron chi connectivity index (χ0n) is 11.5. The molecule has 2 aromatic carbocycles.